The molecular formula is C13H15NO. The molecule has 0 amide bonds. The number of nitrogens with one attached hydrogen (secondary N) is 1. The van der Waals surface area contributed by atoms with E-state index < -0.39 is 0 Å². The Morgan fingerprint density at radius 1 is 1.13 bits per heavy atom. The van der Waals surface area contributed by atoms with Crippen LogP contribution in [-0.4, -0.2) is 4.98 Å². The lowest BCUT2D eigenvalue weighted by atomic mass is 10.2. The van der Waals surface area contributed by atoms with Gasteiger partial charge < -0.3 is 9.72 Å². The van der Waals surface area contributed by atoms with E-state index in [9.17, 15) is 0 Å². The number of rotatable bonds is 4. The normalized spacial score (nSPS) is 10.5. The molecule has 0 spiro atoms. The molecule has 0 bridgehead atoms. The van der Waals surface area contributed by atoms with Crippen molar-refractivity contribution in [2.75, 3.05) is 0 Å². The minimum Gasteiger partial charge on any atom is -0.371 e. The molecule has 2 aromatic rings. The zero-order valence-electron chi connectivity index (χ0n) is 8.86. The second-order valence-corrected chi connectivity index (χ2v) is 3.68. The summed E-state index contributed by atoms with van der Waals surface area (Å²) in [6.45, 7) is 3.37. The second kappa shape index (κ2) is 4.80. The molecule has 0 radical (unpaired) electrons. The van der Waals surface area contributed by atoms with E-state index in [0.29, 0.717) is 13.2 Å². The van der Waals surface area contributed by atoms with Gasteiger partial charge in [0.05, 0.1) is 13.2 Å². The quantitative estimate of drug-likeness (QED) is 0.808. The summed E-state index contributed by atoms with van der Waals surface area (Å²) < 4.78 is 5.59. The summed E-state index contributed by atoms with van der Waals surface area (Å²) in [6, 6.07) is 12.3. The molecule has 2 heteroatoms. The molecule has 0 aliphatic heterocycles. The maximum atomic E-state index is 5.59. The molecule has 1 aromatic carbocycles. The number of aromatic nitrogens is 1. The van der Waals surface area contributed by atoms with Crippen molar-refractivity contribution in [2.24, 2.45) is 0 Å². The van der Waals surface area contributed by atoms with Crippen LogP contribution < -0.4 is 0 Å². The van der Waals surface area contributed by atoms with E-state index in [1.165, 1.54) is 11.1 Å². The van der Waals surface area contributed by atoms with E-state index in [4.69, 9.17) is 4.74 Å². The Bertz CT molecular complexity index is 405. The topological polar surface area (TPSA) is 25.0 Å². The van der Waals surface area contributed by atoms with Crippen LogP contribution in [0.3, 0.4) is 0 Å². The van der Waals surface area contributed by atoms with E-state index >= 15 is 0 Å². The van der Waals surface area contributed by atoms with Gasteiger partial charge in [0.1, 0.15) is 0 Å². The Hall–Kier alpha value is -1.54. The molecule has 2 nitrogen and oxygen atoms in total. The van der Waals surface area contributed by atoms with Gasteiger partial charge in [0.2, 0.25) is 0 Å². The van der Waals surface area contributed by atoms with Gasteiger partial charge in [-0.05, 0) is 24.1 Å². The molecule has 0 unspecified atom stereocenters. The highest BCUT2D eigenvalue weighted by molar-refractivity contribution is 5.15. The van der Waals surface area contributed by atoms with Gasteiger partial charge in [-0.25, -0.2) is 0 Å². The van der Waals surface area contributed by atoms with E-state index in [1.54, 1.807) is 0 Å². The average molecular weight is 201 g/mol. The van der Waals surface area contributed by atoms with Crippen LogP contribution in [0.25, 0.3) is 0 Å². The summed E-state index contributed by atoms with van der Waals surface area (Å²) >= 11 is 0. The van der Waals surface area contributed by atoms with Gasteiger partial charge in [-0.15, -0.1) is 0 Å². The Morgan fingerprint density at radius 2 is 1.93 bits per heavy atom. The minimum absolute atomic E-state index is 0.642. The van der Waals surface area contributed by atoms with Gasteiger partial charge >= 0.3 is 0 Å². The SMILES string of the molecule is Cc1c[nH]c(COCc2ccccc2)c1. The lowest BCUT2D eigenvalue weighted by molar-refractivity contribution is 0.105. The monoisotopic (exact) mass is 201 g/mol. The van der Waals surface area contributed by atoms with Crippen molar-refractivity contribution in [3.05, 3.63) is 59.4 Å². The smallest absolute Gasteiger partial charge is 0.0870 e. The fourth-order valence-electron chi connectivity index (χ4n) is 1.50. The first kappa shape index (κ1) is 9.99. The van der Waals surface area contributed by atoms with Crippen molar-refractivity contribution in [1.29, 1.82) is 0 Å². The molecule has 1 heterocycles. The molecule has 1 aromatic heterocycles. The molecule has 0 fully saturated rings. The number of hydrogen-bond donors (Lipinski definition) is 1. The summed E-state index contributed by atoms with van der Waals surface area (Å²) in [4.78, 5) is 3.17. The first-order chi connectivity index (χ1) is 7.34. The van der Waals surface area contributed by atoms with E-state index in [2.05, 4.69) is 30.1 Å². The third-order valence-electron chi connectivity index (χ3n) is 2.26. The van der Waals surface area contributed by atoms with Crippen molar-refractivity contribution >= 4 is 0 Å². The number of aryl methyl sites for hydroxylation is 1. The minimum atomic E-state index is 0.642. The molecule has 0 atom stereocenters. The molecule has 15 heavy (non-hydrogen) atoms. The lowest BCUT2D eigenvalue weighted by Crippen LogP contribution is -1.93. The Kier molecular flexibility index (Phi) is 3.20. The Morgan fingerprint density at radius 3 is 2.60 bits per heavy atom. The highest BCUT2D eigenvalue weighted by Gasteiger charge is 1.96. The number of hydrogen-bond acceptors (Lipinski definition) is 1. The van der Waals surface area contributed by atoms with Crippen LogP contribution in [0.5, 0.6) is 0 Å². The number of H-pyrrole nitrogens is 1. The predicted octanol–water partition coefficient (Wildman–Crippen LogP) is 3.04. The maximum Gasteiger partial charge on any atom is 0.0870 e. The van der Waals surface area contributed by atoms with Crippen LogP contribution in [0, 0.1) is 6.92 Å². The summed E-state index contributed by atoms with van der Waals surface area (Å²) in [6.07, 6.45) is 1.99. The molecule has 0 saturated carbocycles. The van der Waals surface area contributed by atoms with E-state index in [1.807, 2.05) is 24.4 Å². The Labute approximate surface area is 89.9 Å². The first-order valence-corrected chi connectivity index (χ1v) is 5.10. The van der Waals surface area contributed by atoms with Crippen molar-refractivity contribution in [3.8, 4) is 0 Å². The molecular weight excluding hydrogens is 186 g/mol. The van der Waals surface area contributed by atoms with Crippen LogP contribution in [0.4, 0.5) is 0 Å². The van der Waals surface area contributed by atoms with E-state index in [-0.39, 0.29) is 0 Å². The van der Waals surface area contributed by atoms with Crippen molar-refractivity contribution in [2.45, 2.75) is 20.1 Å². The van der Waals surface area contributed by atoms with Crippen LogP contribution in [-0.2, 0) is 18.0 Å². The second-order valence-electron chi connectivity index (χ2n) is 3.68. The van der Waals surface area contributed by atoms with Crippen LogP contribution in [0.15, 0.2) is 42.6 Å². The van der Waals surface area contributed by atoms with Gasteiger partial charge in [-0.1, -0.05) is 30.3 Å². The van der Waals surface area contributed by atoms with Gasteiger partial charge in [-0.2, -0.15) is 0 Å². The zero-order valence-corrected chi connectivity index (χ0v) is 8.86. The van der Waals surface area contributed by atoms with Gasteiger partial charge in [0.15, 0.2) is 0 Å². The third-order valence-corrected chi connectivity index (χ3v) is 2.26. The van der Waals surface area contributed by atoms with Gasteiger partial charge in [0.25, 0.3) is 0 Å². The molecule has 1 N–H and O–H groups in total. The molecule has 2 rings (SSSR count). The standard InChI is InChI=1S/C13H15NO/c1-11-7-13(14-8-11)10-15-9-12-5-3-2-4-6-12/h2-8,14H,9-10H2,1H3. The fraction of sp³-hybridized carbons (Fsp3) is 0.231. The fourth-order valence-corrected chi connectivity index (χ4v) is 1.50. The van der Waals surface area contributed by atoms with Crippen LogP contribution >= 0.6 is 0 Å². The summed E-state index contributed by atoms with van der Waals surface area (Å²) in [7, 11) is 0. The molecule has 78 valence electrons. The van der Waals surface area contributed by atoms with Gasteiger partial charge in [0, 0.05) is 11.9 Å². The predicted molar refractivity (Wildman–Crippen MR) is 60.5 cm³/mol. The largest absolute Gasteiger partial charge is 0.371 e. The van der Waals surface area contributed by atoms with E-state index in [0.717, 1.165) is 5.69 Å². The number of aromatic amines is 1. The molecule has 0 aliphatic carbocycles. The van der Waals surface area contributed by atoms with Crippen LogP contribution in [0.1, 0.15) is 16.8 Å². The van der Waals surface area contributed by atoms with Crippen LogP contribution in [0.2, 0.25) is 0 Å². The van der Waals surface area contributed by atoms with Crippen molar-refractivity contribution < 1.29 is 4.74 Å². The Balaban J connectivity index is 1.80. The summed E-state index contributed by atoms with van der Waals surface area (Å²) in [5.74, 6) is 0. The van der Waals surface area contributed by atoms with Crippen molar-refractivity contribution in [1.82, 2.24) is 4.98 Å². The van der Waals surface area contributed by atoms with Gasteiger partial charge in [-0.3, -0.25) is 0 Å². The average Bonchev–Trinajstić information content (AvgIpc) is 2.66. The highest BCUT2D eigenvalue weighted by atomic mass is 16.5. The third kappa shape index (κ3) is 2.96. The molecule has 0 saturated heterocycles. The maximum absolute atomic E-state index is 5.59. The summed E-state index contributed by atoms with van der Waals surface area (Å²) in [5.41, 5.74) is 3.58. The molecule has 0 aliphatic rings. The number of benzene rings is 1. The lowest BCUT2D eigenvalue weighted by Gasteiger charge is -2.02. The van der Waals surface area contributed by atoms with Crippen molar-refractivity contribution in [3.63, 3.8) is 0 Å². The zero-order chi connectivity index (χ0) is 10.5. The number of ether oxygens (including phenoxy) is 1. The highest BCUT2D eigenvalue weighted by Crippen LogP contribution is 2.06. The first-order valence-electron chi connectivity index (χ1n) is 5.10. The summed E-state index contributed by atoms with van der Waals surface area (Å²) in [5, 5.41) is 0.